The molecule has 0 spiro atoms. The third-order valence-corrected chi connectivity index (χ3v) is 6.99. The van der Waals surface area contributed by atoms with Crippen LogP contribution in [-0.2, 0) is 32.7 Å². The third kappa shape index (κ3) is 22.9. The summed E-state index contributed by atoms with van der Waals surface area (Å²) in [4.78, 5) is 33.3. The van der Waals surface area contributed by atoms with Crippen LogP contribution in [-0.4, -0.2) is 65.7 Å². The Hall–Kier alpha value is -1.03. The highest BCUT2D eigenvalue weighted by atomic mass is 31.2. The minimum atomic E-state index is -4.59. The van der Waals surface area contributed by atoms with Crippen LogP contribution in [0.25, 0.3) is 0 Å². The number of hydrogen-bond acceptors (Lipinski definition) is 9. The van der Waals surface area contributed by atoms with Gasteiger partial charge in [0.05, 0.1) is 26.4 Å². The monoisotopic (exact) mass is 568 g/mol. The van der Waals surface area contributed by atoms with Gasteiger partial charge in [-0.1, -0.05) is 97.3 Å². The van der Waals surface area contributed by atoms with Gasteiger partial charge in [-0.3, -0.25) is 18.6 Å². The van der Waals surface area contributed by atoms with Gasteiger partial charge in [-0.25, -0.2) is 4.57 Å². The number of unbranched alkanes of at least 4 members (excludes halogenated alkanes) is 13. The van der Waals surface area contributed by atoms with Crippen LogP contribution in [0.2, 0.25) is 0 Å². The summed E-state index contributed by atoms with van der Waals surface area (Å²) < 4.78 is 31.6. The SMILES string of the molecule is CCCCCCCCCCCCCCCCC(=O)OC(CO)COP(=O)(O)OCC(CO)OC(=O)CCC. The van der Waals surface area contributed by atoms with E-state index < -0.39 is 58.4 Å². The zero-order valence-electron chi connectivity index (χ0n) is 23.7. The van der Waals surface area contributed by atoms with Crippen molar-refractivity contribution in [1.82, 2.24) is 0 Å². The molecule has 38 heavy (non-hydrogen) atoms. The van der Waals surface area contributed by atoms with Crippen molar-refractivity contribution in [2.24, 2.45) is 0 Å². The fourth-order valence-electron chi connectivity index (χ4n) is 3.80. The average Bonchev–Trinajstić information content (AvgIpc) is 2.89. The van der Waals surface area contributed by atoms with Crippen LogP contribution in [0.5, 0.6) is 0 Å². The molecular weight excluding hydrogens is 515 g/mol. The molecule has 0 bridgehead atoms. The predicted molar refractivity (Wildman–Crippen MR) is 145 cm³/mol. The van der Waals surface area contributed by atoms with Gasteiger partial charge in [0, 0.05) is 12.8 Å². The van der Waals surface area contributed by atoms with E-state index in [1.54, 1.807) is 6.92 Å². The molecule has 11 heteroatoms. The molecule has 0 aliphatic heterocycles. The second kappa shape index (κ2) is 25.0. The van der Waals surface area contributed by atoms with Crippen molar-refractivity contribution in [3.8, 4) is 0 Å². The second-order valence-corrected chi connectivity index (χ2v) is 11.2. The molecule has 0 aromatic rings. The summed E-state index contributed by atoms with van der Waals surface area (Å²) >= 11 is 0. The van der Waals surface area contributed by atoms with Crippen LogP contribution < -0.4 is 0 Å². The lowest BCUT2D eigenvalue weighted by Crippen LogP contribution is -2.28. The number of ether oxygens (including phenoxy) is 2. The highest BCUT2D eigenvalue weighted by Crippen LogP contribution is 2.43. The van der Waals surface area contributed by atoms with Gasteiger partial charge in [0.1, 0.15) is 12.2 Å². The van der Waals surface area contributed by atoms with Gasteiger partial charge in [0.2, 0.25) is 0 Å². The van der Waals surface area contributed by atoms with E-state index >= 15 is 0 Å². The first kappa shape index (κ1) is 37.0. The van der Waals surface area contributed by atoms with Gasteiger partial charge < -0.3 is 24.6 Å². The van der Waals surface area contributed by atoms with E-state index in [0.29, 0.717) is 12.8 Å². The van der Waals surface area contributed by atoms with E-state index in [1.165, 1.54) is 64.2 Å². The molecule has 0 fully saturated rings. The molecule has 3 atom stereocenters. The van der Waals surface area contributed by atoms with Gasteiger partial charge in [-0.2, -0.15) is 0 Å². The number of hydrogen-bond donors (Lipinski definition) is 3. The van der Waals surface area contributed by atoms with Crippen LogP contribution in [0.3, 0.4) is 0 Å². The molecule has 0 aromatic carbocycles. The average molecular weight is 569 g/mol. The van der Waals surface area contributed by atoms with Crippen LogP contribution >= 0.6 is 7.82 Å². The molecule has 226 valence electrons. The largest absolute Gasteiger partial charge is 0.472 e. The summed E-state index contributed by atoms with van der Waals surface area (Å²) in [5, 5.41) is 18.6. The van der Waals surface area contributed by atoms with Crippen molar-refractivity contribution in [2.75, 3.05) is 26.4 Å². The lowest BCUT2D eigenvalue weighted by Gasteiger charge is -2.20. The van der Waals surface area contributed by atoms with Crippen molar-refractivity contribution in [3.63, 3.8) is 0 Å². The maximum Gasteiger partial charge on any atom is 0.472 e. The van der Waals surface area contributed by atoms with Crippen molar-refractivity contribution >= 4 is 19.8 Å². The smallest absolute Gasteiger partial charge is 0.457 e. The Morgan fingerprint density at radius 1 is 0.605 bits per heavy atom. The Labute approximate surface area is 229 Å². The van der Waals surface area contributed by atoms with Crippen molar-refractivity contribution < 1.29 is 47.8 Å². The zero-order valence-corrected chi connectivity index (χ0v) is 24.5. The maximum absolute atomic E-state index is 12.0. The molecule has 0 rings (SSSR count). The number of carbonyl (C=O) groups is 2. The first-order valence-electron chi connectivity index (χ1n) is 14.5. The molecule has 10 nitrogen and oxygen atoms in total. The number of rotatable bonds is 27. The Morgan fingerprint density at radius 3 is 1.34 bits per heavy atom. The van der Waals surface area contributed by atoms with E-state index in [4.69, 9.17) is 18.5 Å². The summed E-state index contributed by atoms with van der Waals surface area (Å²) in [6.45, 7) is 1.74. The van der Waals surface area contributed by atoms with Crippen LogP contribution in [0.15, 0.2) is 0 Å². The highest BCUT2D eigenvalue weighted by molar-refractivity contribution is 7.47. The first-order valence-corrected chi connectivity index (χ1v) is 16.0. The van der Waals surface area contributed by atoms with E-state index in [1.807, 2.05) is 0 Å². The molecule has 0 aliphatic carbocycles. The molecule has 0 radical (unpaired) electrons. The Morgan fingerprint density at radius 2 is 0.974 bits per heavy atom. The van der Waals surface area contributed by atoms with Crippen LogP contribution in [0.4, 0.5) is 0 Å². The molecule has 0 aliphatic rings. The third-order valence-electron chi connectivity index (χ3n) is 6.04. The minimum absolute atomic E-state index is 0.146. The van der Waals surface area contributed by atoms with Gasteiger partial charge in [-0.05, 0) is 12.8 Å². The Kier molecular flexibility index (Phi) is 24.3. The number of phosphoric ester groups is 1. The molecular formula is C27H53O10P. The van der Waals surface area contributed by atoms with Gasteiger partial charge in [0.15, 0.2) is 0 Å². The van der Waals surface area contributed by atoms with E-state index in [0.717, 1.165) is 19.3 Å². The predicted octanol–water partition coefficient (Wildman–Crippen LogP) is 5.60. The molecule has 3 unspecified atom stereocenters. The summed E-state index contributed by atoms with van der Waals surface area (Å²) in [5.74, 6) is -1.07. The van der Waals surface area contributed by atoms with Gasteiger partial charge in [0.25, 0.3) is 0 Å². The zero-order chi connectivity index (χ0) is 28.5. The molecule has 0 amide bonds. The summed E-state index contributed by atoms with van der Waals surface area (Å²) in [7, 11) is -4.59. The lowest BCUT2D eigenvalue weighted by molar-refractivity contribution is -0.153. The summed E-state index contributed by atoms with van der Waals surface area (Å²) in [5.41, 5.74) is 0. The number of phosphoric acid groups is 1. The van der Waals surface area contributed by atoms with Crippen molar-refractivity contribution in [1.29, 1.82) is 0 Å². The number of aliphatic hydroxyl groups excluding tert-OH is 2. The fourth-order valence-corrected chi connectivity index (χ4v) is 4.58. The first-order chi connectivity index (χ1) is 18.3. The number of aliphatic hydroxyl groups is 2. The highest BCUT2D eigenvalue weighted by Gasteiger charge is 2.27. The normalized spacial score (nSPS) is 14.6. The van der Waals surface area contributed by atoms with Crippen LogP contribution in [0, 0.1) is 0 Å². The van der Waals surface area contributed by atoms with Crippen molar-refractivity contribution in [3.05, 3.63) is 0 Å². The Bertz CT molecular complexity index is 631. The molecule has 3 N–H and O–H groups in total. The summed E-state index contributed by atoms with van der Waals surface area (Å²) in [6.07, 6.45) is 15.6. The summed E-state index contributed by atoms with van der Waals surface area (Å²) in [6, 6.07) is 0. The molecule has 0 saturated heterocycles. The van der Waals surface area contributed by atoms with Crippen LogP contribution in [0.1, 0.15) is 123 Å². The quantitative estimate of drug-likeness (QED) is 0.0649. The van der Waals surface area contributed by atoms with E-state index in [-0.39, 0.29) is 12.8 Å². The fraction of sp³-hybridized carbons (Fsp3) is 0.926. The van der Waals surface area contributed by atoms with Gasteiger partial charge >= 0.3 is 19.8 Å². The standard InChI is InChI=1S/C27H53O10P/c1-3-5-6-7-8-9-10-11-12-13-14-15-16-17-19-27(31)37-25(21-29)23-35-38(32,33)34-22-24(20-28)36-26(30)18-4-2/h24-25,28-29H,3-23H2,1-2H3,(H,32,33). The topological polar surface area (TPSA) is 149 Å². The number of carbonyl (C=O) groups excluding carboxylic acids is 2. The minimum Gasteiger partial charge on any atom is -0.457 e. The molecule has 0 heterocycles. The van der Waals surface area contributed by atoms with E-state index in [2.05, 4.69) is 6.92 Å². The number of esters is 2. The van der Waals surface area contributed by atoms with Gasteiger partial charge in [-0.15, -0.1) is 0 Å². The molecule has 0 saturated carbocycles. The maximum atomic E-state index is 12.0. The second-order valence-electron chi connectivity index (χ2n) is 9.75. The van der Waals surface area contributed by atoms with Crippen molar-refractivity contribution in [2.45, 2.75) is 135 Å². The lowest BCUT2D eigenvalue weighted by atomic mass is 10.0. The Balaban J connectivity index is 3.90. The molecule has 0 aromatic heterocycles. The van der Waals surface area contributed by atoms with E-state index in [9.17, 15) is 29.3 Å².